The van der Waals surface area contributed by atoms with Gasteiger partial charge in [0.15, 0.2) is 0 Å². The summed E-state index contributed by atoms with van der Waals surface area (Å²) in [5.41, 5.74) is 7.37. The van der Waals surface area contributed by atoms with Crippen molar-refractivity contribution >= 4 is 50.2 Å². The number of benzene rings is 2. The average Bonchev–Trinajstić information content (AvgIpc) is 3.78. The van der Waals surface area contributed by atoms with Crippen molar-refractivity contribution in [2.24, 2.45) is 11.7 Å². The van der Waals surface area contributed by atoms with E-state index in [1.807, 2.05) is 0 Å². The Labute approximate surface area is 265 Å². The lowest BCUT2D eigenvalue weighted by Gasteiger charge is -2.22. The molecule has 2 aromatic heterocycles. The molecule has 4 aromatic rings. The Bertz CT molecular complexity index is 1870. The normalized spacial score (nSPS) is 18.1. The molecule has 12 heteroatoms. The minimum Gasteiger partial charge on any atom is -0.494 e. The summed E-state index contributed by atoms with van der Waals surface area (Å²) in [6.07, 6.45) is 1.81. The second-order valence-electron chi connectivity index (χ2n) is 11.4. The van der Waals surface area contributed by atoms with Gasteiger partial charge in [-0.05, 0) is 84.9 Å². The average molecular weight is 686 g/mol. The fourth-order valence-corrected chi connectivity index (χ4v) is 6.12. The van der Waals surface area contributed by atoms with Gasteiger partial charge in [-0.1, -0.05) is 11.6 Å². The van der Waals surface area contributed by atoms with Crippen molar-refractivity contribution in [3.05, 3.63) is 80.0 Å². The number of ether oxygens (including phenoxy) is 2. The number of pyridine rings is 2. The second kappa shape index (κ2) is 11.3. The van der Waals surface area contributed by atoms with Gasteiger partial charge in [-0.2, -0.15) is 0 Å². The third kappa shape index (κ3) is 5.15. The van der Waals surface area contributed by atoms with Crippen LogP contribution in [0.15, 0.2) is 40.9 Å². The summed E-state index contributed by atoms with van der Waals surface area (Å²) < 4.78 is 40.6. The number of carbonyl (C=O) groups is 2. The lowest BCUT2D eigenvalue weighted by atomic mass is 9.82. The van der Waals surface area contributed by atoms with Crippen molar-refractivity contribution in [2.75, 3.05) is 20.3 Å². The number of nitrogens with two attached hydrogens (primary N) is 1. The number of carbonyl (C=O) groups excluding carboxylic acids is 2. The SMILES string of the molecule is COc1cc(C(=O)NC[C@H](c2cc3c(c(-c4ccc(F)c(Br)c4F)n2)OC[C@]3(C)C(N)=O)C2CC2)cc2cc(Cl)c(C)nc12. The molecule has 228 valence electrons. The fraction of sp³-hybridized carbons (Fsp3) is 0.312. The van der Waals surface area contributed by atoms with Gasteiger partial charge in [0.05, 0.1) is 22.3 Å². The highest BCUT2D eigenvalue weighted by Gasteiger charge is 2.45. The van der Waals surface area contributed by atoms with Gasteiger partial charge in [-0.15, -0.1) is 0 Å². The molecule has 8 nitrogen and oxygen atoms in total. The van der Waals surface area contributed by atoms with E-state index >= 15 is 4.39 Å². The van der Waals surface area contributed by atoms with E-state index in [9.17, 15) is 14.0 Å². The highest BCUT2D eigenvalue weighted by Crippen LogP contribution is 2.49. The van der Waals surface area contributed by atoms with Crippen LogP contribution in [-0.2, 0) is 10.2 Å². The van der Waals surface area contributed by atoms with E-state index in [-0.39, 0.29) is 52.4 Å². The Hall–Kier alpha value is -3.83. The van der Waals surface area contributed by atoms with Gasteiger partial charge >= 0.3 is 0 Å². The molecule has 1 saturated carbocycles. The van der Waals surface area contributed by atoms with Crippen LogP contribution in [0.5, 0.6) is 11.5 Å². The van der Waals surface area contributed by atoms with Crippen LogP contribution in [0.25, 0.3) is 22.2 Å². The zero-order valence-electron chi connectivity index (χ0n) is 24.1. The summed E-state index contributed by atoms with van der Waals surface area (Å²) in [4.78, 5) is 35.4. The summed E-state index contributed by atoms with van der Waals surface area (Å²) in [6.45, 7) is 3.62. The van der Waals surface area contributed by atoms with E-state index < -0.39 is 23.0 Å². The fourth-order valence-electron chi connectivity index (χ4n) is 5.61. The van der Waals surface area contributed by atoms with Crippen LogP contribution < -0.4 is 20.5 Å². The minimum atomic E-state index is -1.19. The third-order valence-corrected chi connectivity index (χ3v) is 9.58. The van der Waals surface area contributed by atoms with Crippen molar-refractivity contribution < 1.29 is 27.8 Å². The summed E-state index contributed by atoms with van der Waals surface area (Å²) in [6, 6.07) is 9.25. The second-order valence-corrected chi connectivity index (χ2v) is 12.6. The first kappa shape index (κ1) is 30.2. The maximum absolute atomic E-state index is 15.4. The number of rotatable bonds is 8. The van der Waals surface area contributed by atoms with Gasteiger partial charge < -0.3 is 20.5 Å². The Balaban J connectivity index is 1.38. The molecule has 0 bridgehead atoms. The largest absolute Gasteiger partial charge is 0.494 e. The number of methoxy groups -OCH3 is 1. The van der Waals surface area contributed by atoms with E-state index in [2.05, 4.69) is 26.2 Å². The maximum Gasteiger partial charge on any atom is 0.251 e. The van der Waals surface area contributed by atoms with Crippen molar-refractivity contribution in [1.29, 1.82) is 0 Å². The van der Waals surface area contributed by atoms with Crippen LogP contribution in [0.1, 0.15) is 53.0 Å². The predicted octanol–water partition coefficient (Wildman–Crippen LogP) is 6.37. The van der Waals surface area contributed by atoms with Gasteiger partial charge in [0.25, 0.3) is 5.91 Å². The van der Waals surface area contributed by atoms with Crippen LogP contribution >= 0.6 is 27.5 Å². The quantitative estimate of drug-likeness (QED) is 0.209. The molecular weight excluding hydrogens is 658 g/mol. The molecule has 2 atom stereocenters. The molecule has 1 fully saturated rings. The number of amides is 2. The lowest BCUT2D eigenvalue weighted by molar-refractivity contribution is -0.123. The van der Waals surface area contributed by atoms with Gasteiger partial charge in [-0.3, -0.25) is 9.59 Å². The standard InChI is InChI=1S/C32H28BrClF2N4O4/c1-14-21(34)9-16-8-17(10-24(43-3)27(16)39-14)30(41)38-12-19(15-4-5-15)23-11-20-29(44-13-32(20,2)31(37)42)28(40-23)18-6-7-22(35)25(33)26(18)36/h6-11,15,19H,4-5,12-13H2,1-3H3,(H2,37,42)(H,38,41)/t19-,32-/m0/s1. The molecule has 0 radical (unpaired) electrons. The van der Waals surface area contributed by atoms with E-state index in [4.69, 9.17) is 31.8 Å². The van der Waals surface area contributed by atoms with E-state index in [0.717, 1.165) is 18.9 Å². The number of nitrogens with zero attached hydrogens (tertiary/aromatic N) is 2. The molecule has 3 N–H and O–H groups in total. The number of aryl methyl sites for hydroxylation is 1. The number of aromatic nitrogens is 2. The van der Waals surface area contributed by atoms with Gasteiger partial charge in [0, 0.05) is 40.2 Å². The zero-order valence-corrected chi connectivity index (χ0v) is 26.4. The van der Waals surface area contributed by atoms with Crippen LogP contribution in [0, 0.1) is 24.5 Å². The number of nitrogens with one attached hydrogen (secondary N) is 1. The monoisotopic (exact) mass is 684 g/mol. The van der Waals surface area contributed by atoms with Crippen LogP contribution in [-0.4, -0.2) is 42.0 Å². The first-order chi connectivity index (χ1) is 20.9. The highest BCUT2D eigenvalue weighted by atomic mass is 79.9. The molecule has 1 aliphatic carbocycles. The third-order valence-electron chi connectivity index (χ3n) is 8.47. The van der Waals surface area contributed by atoms with Crippen LogP contribution in [0.4, 0.5) is 8.78 Å². The smallest absolute Gasteiger partial charge is 0.251 e. The van der Waals surface area contributed by atoms with Gasteiger partial charge in [-0.25, -0.2) is 18.7 Å². The summed E-state index contributed by atoms with van der Waals surface area (Å²) in [5, 5.41) is 4.15. The molecule has 0 saturated heterocycles. The molecule has 2 aliphatic rings. The summed E-state index contributed by atoms with van der Waals surface area (Å²) >= 11 is 9.27. The summed E-state index contributed by atoms with van der Waals surface area (Å²) in [5.74, 6) is -1.98. The Kier molecular flexibility index (Phi) is 7.73. The van der Waals surface area contributed by atoms with E-state index in [0.29, 0.717) is 44.2 Å². The Morgan fingerprint density at radius 1 is 1.23 bits per heavy atom. The van der Waals surface area contributed by atoms with Gasteiger partial charge in [0.1, 0.15) is 46.4 Å². The number of hydrogen-bond donors (Lipinski definition) is 2. The first-order valence-electron chi connectivity index (χ1n) is 14.0. The number of fused-ring (bicyclic) bond motifs is 2. The number of hydrogen-bond acceptors (Lipinski definition) is 6. The van der Waals surface area contributed by atoms with Crippen LogP contribution in [0.2, 0.25) is 5.02 Å². The van der Waals surface area contributed by atoms with E-state index in [1.54, 1.807) is 38.1 Å². The predicted molar refractivity (Wildman–Crippen MR) is 165 cm³/mol. The Morgan fingerprint density at radius 3 is 2.66 bits per heavy atom. The highest BCUT2D eigenvalue weighted by molar-refractivity contribution is 9.10. The molecule has 0 unspecified atom stereocenters. The summed E-state index contributed by atoms with van der Waals surface area (Å²) in [7, 11) is 1.51. The topological polar surface area (TPSA) is 116 Å². The van der Waals surface area contributed by atoms with E-state index in [1.165, 1.54) is 13.2 Å². The van der Waals surface area contributed by atoms with Crippen molar-refractivity contribution in [3.8, 4) is 22.8 Å². The molecule has 44 heavy (non-hydrogen) atoms. The van der Waals surface area contributed by atoms with Crippen molar-refractivity contribution in [2.45, 2.75) is 38.0 Å². The molecular formula is C32H28BrClF2N4O4. The minimum absolute atomic E-state index is 0.00874. The molecule has 2 aromatic carbocycles. The molecule has 2 amide bonds. The zero-order chi connectivity index (χ0) is 31.5. The first-order valence-corrected chi connectivity index (χ1v) is 15.1. The molecule has 3 heterocycles. The molecule has 1 aliphatic heterocycles. The lowest BCUT2D eigenvalue weighted by Crippen LogP contribution is -2.40. The molecule has 6 rings (SSSR count). The number of halogens is 4. The van der Waals surface area contributed by atoms with Crippen molar-refractivity contribution in [1.82, 2.24) is 15.3 Å². The van der Waals surface area contributed by atoms with Gasteiger partial charge in [0.2, 0.25) is 5.91 Å². The van der Waals surface area contributed by atoms with Crippen LogP contribution in [0.3, 0.4) is 0 Å². The van der Waals surface area contributed by atoms with Crippen molar-refractivity contribution in [3.63, 3.8) is 0 Å². The maximum atomic E-state index is 15.4. The Morgan fingerprint density at radius 2 is 1.98 bits per heavy atom. The number of primary amides is 1. The molecule has 0 spiro atoms.